The number of amides is 1. The van der Waals surface area contributed by atoms with Crippen LogP contribution in [0.2, 0.25) is 0 Å². The number of rotatable bonds is 3. The molecule has 4 heteroatoms. The predicted octanol–water partition coefficient (Wildman–Crippen LogP) is 3.34. The maximum absolute atomic E-state index is 12.0. The van der Waals surface area contributed by atoms with E-state index in [2.05, 4.69) is 26.2 Å². The fraction of sp³-hybridized carbons (Fsp3) is 0.143. The van der Waals surface area contributed by atoms with Crippen LogP contribution in [0.15, 0.2) is 53.1 Å². The topological polar surface area (TPSA) is 42.0 Å². The molecular weight excluding hydrogens is 292 g/mol. The van der Waals surface area contributed by atoms with E-state index in [4.69, 9.17) is 0 Å². The van der Waals surface area contributed by atoms with Crippen molar-refractivity contribution in [1.29, 1.82) is 0 Å². The van der Waals surface area contributed by atoms with Crippen LogP contribution in [-0.4, -0.2) is 10.9 Å². The van der Waals surface area contributed by atoms with Crippen LogP contribution in [0.1, 0.15) is 29.0 Å². The van der Waals surface area contributed by atoms with Gasteiger partial charge in [0.1, 0.15) is 10.3 Å². The molecule has 1 heterocycles. The van der Waals surface area contributed by atoms with Gasteiger partial charge in [0.05, 0.1) is 6.04 Å². The number of nitrogens with one attached hydrogen (secondary N) is 1. The van der Waals surface area contributed by atoms with Gasteiger partial charge < -0.3 is 5.32 Å². The Labute approximate surface area is 114 Å². The molecule has 18 heavy (non-hydrogen) atoms. The van der Waals surface area contributed by atoms with Gasteiger partial charge in [0.2, 0.25) is 0 Å². The molecule has 3 nitrogen and oxygen atoms in total. The fourth-order valence-corrected chi connectivity index (χ4v) is 1.97. The van der Waals surface area contributed by atoms with E-state index in [1.807, 2.05) is 37.3 Å². The third-order valence-corrected chi connectivity index (χ3v) is 3.04. The molecular formula is C14H13BrN2O. The highest BCUT2D eigenvalue weighted by molar-refractivity contribution is 9.10. The minimum absolute atomic E-state index is 0.0421. The molecule has 1 atom stereocenters. The number of halogens is 1. The molecule has 0 fully saturated rings. The molecule has 1 amide bonds. The van der Waals surface area contributed by atoms with Crippen molar-refractivity contribution in [3.05, 3.63) is 64.4 Å². The second-order valence-electron chi connectivity index (χ2n) is 3.95. The predicted molar refractivity (Wildman–Crippen MR) is 74.3 cm³/mol. The molecule has 0 radical (unpaired) electrons. The number of hydrogen-bond acceptors (Lipinski definition) is 2. The Kier molecular flexibility index (Phi) is 4.10. The van der Waals surface area contributed by atoms with Gasteiger partial charge in [0.15, 0.2) is 0 Å². The lowest BCUT2D eigenvalue weighted by atomic mass is 10.1. The highest BCUT2D eigenvalue weighted by Gasteiger charge is 2.12. The number of hydrogen-bond donors (Lipinski definition) is 1. The first kappa shape index (κ1) is 12.8. The van der Waals surface area contributed by atoms with Crippen LogP contribution in [-0.2, 0) is 0 Å². The van der Waals surface area contributed by atoms with Crippen LogP contribution in [0.5, 0.6) is 0 Å². The van der Waals surface area contributed by atoms with Crippen LogP contribution in [0.4, 0.5) is 0 Å². The Morgan fingerprint density at radius 3 is 2.56 bits per heavy atom. The molecule has 0 aliphatic carbocycles. The summed E-state index contributed by atoms with van der Waals surface area (Å²) in [5.74, 6) is -0.173. The van der Waals surface area contributed by atoms with E-state index < -0.39 is 0 Å². The van der Waals surface area contributed by atoms with Gasteiger partial charge in [-0.2, -0.15) is 0 Å². The van der Waals surface area contributed by atoms with Crippen molar-refractivity contribution in [2.75, 3.05) is 0 Å². The highest BCUT2D eigenvalue weighted by atomic mass is 79.9. The van der Waals surface area contributed by atoms with Crippen molar-refractivity contribution in [3.63, 3.8) is 0 Å². The van der Waals surface area contributed by atoms with E-state index in [1.54, 1.807) is 18.2 Å². The van der Waals surface area contributed by atoms with E-state index in [0.29, 0.717) is 10.3 Å². The SMILES string of the molecule is C[C@H](NC(=O)c1cccc(Br)n1)c1ccccc1. The normalized spacial score (nSPS) is 11.9. The van der Waals surface area contributed by atoms with Gasteiger partial charge in [0.25, 0.3) is 5.91 Å². The van der Waals surface area contributed by atoms with E-state index in [9.17, 15) is 4.79 Å². The maximum atomic E-state index is 12.0. The van der Waals surface area contributed by atoms with E-state index >= 15 is 0 Å². The summed E-state index contributed by atoms with van der Waals surface area (Å²) in [5.41, 5.74) is 1.48. The summed E-state index contributed by atoms with van der Waals surface area (Å²) in [7, 11) is 0. The molecule has 1 aromatic carbocycles. The largest absolute Gasteiger partial charge is 0.344 e. The average Bonchev–Trinajstić information content (AvgIpc) is 2.39. The van der Waals surface area contributed by atoms with Crippen molar-refractivity contribution < 1.29 is 4.79 Å². The quantitative estimate of drug-likeness (QED) is 0.884. The van der Waals surface area contributed by atoms with Gasteiger partial charge >= 0.3 is 0 Å². The zero-order valence-electron chi connectivity index (χ0n) is 9.93. The van der Waals surface area contributed by atoms with E-state index in [0.717, 1.165) is 5.56 Å². The zero-order chi connectivity index (χ0) is 13.0. The van der Waals surface area contributed by atoms with Crippen LogP contribution in [0.3, 0.4) is 0 Å². The second kappa shape index (κ2) is 5.78. The molecule has 2 aromatic rings. The maximum Gasteiger partial charge on any atom is 0.270 e. The van der Waals surface area contributed by atoms with Gasteiger partial charge in [-0.25, -0.2) is 4.98 Å². The second-order valence-corrected chi connectivity index (χ2v) is 4.76. The summed E-state index contributed by atoms with van der Waals surface area (Å²) >= 11 is 3.25. The monoisotopic (exact) mass is 304 g/mol. The summed E-state index contributed by atoms with van der Waals surface area (Å²) in [6.45, 7) is 1.95. The van der Waals surface area contributed by atoms with Crippen LogP contribution < -0.4 is 5.32 Å². The summed E-state index contributed by atoms with van der Waals surface area (Å²) in [6, 6.07) is 15.1. The zero-order valence-corrected chi connectivity index (χ0v) is 11.5. The average molecular weight is 305 g/mol. The Balaban J connectivity index is 2.08. The minimum atomic E-state index is -0.173. The number of pyridine rings is 1. The lowest BCUT2D eigenvalue weighted by Crippen LogP contribution is -2.27. The van der Waals surface area contributed by atoms with Crippen LogP contribution >= 0.6 is 15.9 Å². The molecule has 1 aromatic heterocycles. The van der Waals surface area contributed by atoms with Gasteiger partial charge in [0, 0.05) is 0 Å². The van der Waals surface area contributed by atoms with Gasteiger partial charge in [-0.15, -0.1) is 0 Å². The van der Waals surface area contributed by atoms with Crippen molar-refractivity contribution in [2.24, 2.45) is 0 Å². The molecule has 2 rings (SSSR count). The number of aromatic nitrogens is 1. The van der Waals surface area contributed by atoms with Crippen LogP contribution in [0.25, 0.3) is 0 Å². The van der Waals surface area contributed by atoms with Crippen molar-refractivity contribution >= 4 is 21.8 Å². The molecule has 1 N–H and O–H groups in total. The molecule has 0 bridgehead atoms. The first-order valence-corrected chi connectivity index (χ1v) is 6.44. The number of nitrogens with zero attached hydrogens (tertiary/aromatic N) is 1. The Morgan fingerprint density at radius 1 is 1.17 bits per heavy atom. The molecule has 0 spiro atoms. The lowest BCUT2D eigenvalue weighted by molar-refractivity contribution is 0.0934. The summed E-state index contributed by atoms with van der Waals surface area (Å²) < 4.78 is 0.655. The third-order valence-electron chi connectivity index (χ3n) is 2.59. The Bertz CT molecular complexity index is 543. The standard InChI is InChI=1S/C14H13BrN2O/c1-10(11-6-3-2-4-7-11)16-14(18)12-8-5-9-13(15)17-12/h2-10H,1H3,(H,16,18)/t10-/m0/s1. The molecule has 92 valence electrons. The Hall–Kier alpha value is -1.68. The third kappa shape index (κ3) is 3.17. The van der Waals surface area contributed by atoms with Crippen molar-refractivity contribution in [1.82, 2.24) is 10.3 Å². The fourth-order valence-electron chi connectivity index (χ4n) is 1.63. The summed E-state index contributed by atoms with van der Waals surface area (Å²) in [4.78, 5) is 16.1. The smallest absolute Gasteiger partial charge is 0.270 e. The van der Waals surface area contributed by atoms with E-state index in [-0.39, 0.29) is 11.9 Å². The summed E-state index contributed by atoms with van der Waals surface area (Å²) in [6.07, 6.45) is 0. The molecule has 0 saturated heterocycles. The first-order valence-electron chi connectivity index (χ1n) is 5.65. The first-order chi connectivity index (χ1) is 8.66. The van der Waals surface area contributed by atoms with Crippen LogP contribution in [0, 0.1) is 0 Å². The highest BCUT2D eigenvalue weighted by Crippen LogP contribution is 2.12. The molecule has 0 aliphatic heterocycles. The molecule has 0 aliphatic rings. The van der Waals surface area contributed by atoms with Gasteiger partial charge in [-0.05, 0) is 40.5 Å². The molecule has 0 unspecified atom stereocenters. The number of benzene rings is 1. The van der Waals surface area contributed by atoms with Crippen molar-refractivity contribution in [2.45, 2.75) is 13.0 Å². The van der Waals surface area contributed by atoms with Gasteiger partial charge in [-0.1, -0.05) is 36.4 Å². The minimum Gasteiger partial charge on any atom is -0.344 e. The lowest BCUT2D eigenvalue weighted by Gasteiger charge is -2.13. The Morgan fingerprint density at radius 2 is 1.89 bits per heavy atom. The molecule has 0 saturated carbocycles. The number of carbonyl (C=O) groups excluding carboxylic acids is 1. The van der Waals surface area contributed by atoms with Crippen molar-refractivity contribution in [3.8, 4) is 0 Å². The van der Waals surface area contributed by atoms with Gasteiger partial charge in [-0.3, -0.25) is 4.79 Å². The number of carbonyl (C=O) groups is 1. The van der Waals surface area contributed by atoms with E-state index in [1.165, 1.54) is 0 Å². The summed E-state index contributed by atoms with van der Waals surface area (Å²) in [5, 5.41) is 2.92.